The first-order chi connectivity index (χ1) is 7.59. The second-order valence-electron chi connectivity index (χ2n) is 5.08. The molecule has 86 valence electrons. The molecule has 1 aliphatic rings. The highest BCUT2D eigenvalue weighted by Gasteiger charge is 2.22. The van der Waals surface area contributed by atoms with Gasteiger partial charge in [0.1, 0.15) is 0 Å². The van der Waals surface area contributed by atoms with Gasteiger partial charge in [0.05, 0.1) is 0 Å². The second kappa shape index (κ2) is 4.42. The molecule has 1 aromatic carbocycles. The molecule has 0 aromatic heterocycles. The maximum atomic E-state index is 4.09. The van der Waals surface area contributed by atoms with Crippen molar-refractivity contribution >= 4 is 5.57 Å². The van der Waals surface area contributed by atoms with Crippen molar-refractivity contribution in [2.75, 3.05) is 14.1 Å². The third-order valence-electron chi connectivity index (χ3n) is 3.65. The van der Waals surface area contributed by atoms with Crippen molar-refractivity contribution in [1.29, 1.82) is 0 Å². The van der Waals surface area contributed by atoms with E-state index in [-0.39, 0.29) is 0 Å². The van der Waals surface area contributed by atoms with Gasteiger partial charge in [-0.2, -0.15) is 0 Å². The van der Waals surface area contributed by atoms with E-state index in [4.69, 9.17) is 0 Å². The minimum absolute atomic E-state index is 0.688. The van der Waals surface area contributed by atoms with Crippen molar-refractivity contribution in [3.8, 4) is 0 Å². The lowest BCUT2D eigenvalue weighted by atomic mass is 9.83. The van der Waals surface area contributed by atoms with Crippen LogP contribution in [0.2, 0.25) is 0 Å². The molecule has 1 atom stereocenters. The molecule has 0 radical (unpaired) electrons. The van der Waals surface area contributed by atoms with E-state index in [1.165, 1.54) is 41.5 Å². The number of hydrogen-bond donors (Lipinski definition) is 0. The van der Waals surface area contributed by atoms with Gasteiger partial charge >= 0.3 is 0 Å². The summed E-state index contributed by atoms with van der Waals surface area (Å²) in [4.78, 5) is 2.35. The predicted molar refractivity (Wildman–Crippen MR) is 70.7 cm³/mol. The number of benzene rings is 1. The fraction of sp³-hybridized carbons (Fsp3) is 0.467. The van der Waals surface area contributed by atoms with Crippen molar-refractivity contribution in [2.45, 2.75) is 32.2 Å². The zero-order valence-corrected chi connectivity index (χ0v) is 10.6. The summed E-state index contributed by atoms with van der Waals surface area (Å²) < 4.78 is 0. The molecule has 1 nitrogen and oxygen atoms in total. The summed E-state index contributed by atoms with van der Waals surface area (Å²) in [6.07, 6.45) is 3.66. The quantitative estimate of drug-likeness (QED) is 0.732. The fourth-order valence-corrected chi connectivity index (χ4v) is 2.61. The maximum absolute atomic E-state index is 4.09. The summed E-state index contributed by atoms with van der Waals surface area (Å²) in [5, 5.41) is 0. The molecule has 0 spiro atoms. The molecule has 0 unspecified atom stereocenters. The Labute approximate surface area is 98.8 Å². The Hall–Kier alpha value is -1.08. The number of rotatable bonds is 2. The highest BCUT2D eigenvalue weighted by molar-refractivity contribution is 5.66. The molecular weight excluding hydrogens is 194 g/mol. The van der Waals surface area contributed by atoms with Gasteiger partial charge in [0.25, 0.3) is 0 Å². The summed E-state index contributed by atoms with van der Waals surface area (Å²) in [5.41, 5.74) is 5.61. The standard InChI is InChI=1S/C15H21N/c1-11(2)14-7-5-6-12-8-9-13(16(3)4)10-15(12)14/h5-7,13H,1,8-10H2,2-4H3/t13-/m1/s1. The Morgan fingerprint density at radius 2 is 2.12 bits per heavy atom. The highest BCUT2D eigenvalue weighted by Crippen LogP contribution is 2.29. The number of fused-ring (bicyclic) bond motifs is 1. The van der Waals surface area contributed by atoms with Crippen LogP contribution in [0.25, 0.3) is 5.57 Å². The average molecular weight is 215 g/mol. The second-order valence-corrected chi connectivity index (χ2v) is 5.08. The van der Waals surface area contributed by atoms with E-state index in [1.807, 2.05) is 0 Å². The van der Waals surface area contributed by atoms with Gasteiger partial charge < -0.3 is 4.90 Å². The molecule has 1 heteroatoms. The zero-order valence-electron chi connectivity index (χ0n) is 10.6. The van der Waals surface area contributed by atoms with Gasteiger partial charge in [0.2, 0.25) is 0 Å². The number of aryl methyl sites for hydroxylation is 1. The van der Waals surface area contributed by atoms with Crippen molar-refractivity contribution < 1.29 is 0 Å². The van der Waals surface area contributed by atoms with Crippen LogP contribution in [0.15, 0.2) is 24.8 Å². The van der Waals surface area contributed by atoms with Crippen LogP contribution < -0.4 is 0 Å². The first-order valence-electron chi connectivity index (χ1n) is 6.02. The minimum Gasteiger partial charge on any atom is -0.306 e. The van der Waals surface area contributed by atoms with Crippen molar-refractivity contribution in [3.63, 3.8) is 0 Å². The fourth-order valence-electron chi connectivity index (χ4n) is 2.61. The van der Waals surface area contributed by atoms with Gasteiger partial charge in [0, 0.05) is 6.04 Å². The molecule has 0 amide bonds. The number of nitrogens with zero attached hydrogens (tertiary/aromatic N) is 1. The van der Waals surface area contributed by atoms with E-state index in [0.29, 0.717) is 6.04 Å². The smallest absolute Gasteiger partial charge is 0.0133 e. The van der Waals surface area contributed by atoms with Crippen LogP contribution >= 0.6 is 0 Å². The molecule has 0 saturated heterocycles. The summed E-state index contributed by atoms with van der Waals surface area (Å²) >= 11 is 0. The number of hydrogen-bond acceptors (Lipinski definition) is 1. The minimum atomic E-state index is 0.688. The van der Waals surface area contributed by atoms with Gasteiger partial charge in [-0.15, -0.1) is 0 Å². The van der Waals surface area contributed by atoms with Crippen LogP contribution in [-0.4, -0.2) is 25.0 Å². The Bertz CT molecular complexity index is 404. The molecule has 1 aromatic rings. The Morgan fingerprint density at radius 3 is 2.75 bits per heavy atom. The van der Waals surface area contributed by atoms with E-state index < -0.39 is 0 Å². The van der Waals surface area contributed by atoms with Crippen LogP contribution in [0.4, 0.5) is 0 Å². The van der Waals surface area contributed by atoms with Crippen LogP contribution in [0.1, 0.15) is 30.0 Å². The van der Waals surface area contributed by atoms with Gasteiger partial charge in [-0.1, -0.05) is 30.4 Å². The summed E-state index contributed by atoms with van der Waals surface area (Å²) in [7, 11) is 4.36. The number of likely N-dealkylation sites (N-methyl/N-ethyl adjacent to an activating group) is 1. The third-order valence-corrected chi connectivity index (χ3v) is 3.65. The van der Waals surface area contributed by atoms with Crippen LogP contribution in [0.5, 0.6) is 0 Å². The SMILES string of the molecule is C=C(C)c1cccc2c1C[C@H](N(C)C)CC2. The lowest BCUT2D eigenvalue weighted by Crippen LogP contribution is -2.33. The molecule has 0 saturated carbocycles. The zero-order chi connectivity index (χ0) is 11.7. The van der Waals surface area contributed by atoms with E-state index in [1.54, 1.807) is 0 Å². The molecule has 0 heterocycles. The molecular formula is C15H21N. The van der Waals surface area contributed by atoms with Gasteiger partial charge in [0.15, 0.2) is 0 Å². The van der Waals surface area contributed by atoms with Gasteiger partial charge in [-0.05, 0) is 57.0 Å². The monoisotopic (exact) mass is 215 g/mol. The third kappa shape index (κ3) is 2.05. The van der Waals surface area contributed by atoms with Crippen molar-refractivity contribution in [2.24, 2.45) is 0 Å². The molecule has 0 bridgehead atoms. The lowest BCUT2D eigenvalue weighted by molar-refractivity contribution is 0.268. The highest BCUT2D eigenvalue weighted by atomic mass is 15.1. The molecule has 2 rings (SSSR count). The Morgan fingerprint density at radius 1 is 1.38 bits per heavy atom. The van der Waals surface area contributed by atoms with Crippen LogP contribution in [0, 0.1) is 0 Å². The summed E-state index contributed by atoms with van der Waals surface area (Å²) in [6, 6.07) is 7.33. The topological polar surface area (TPSA) is 3.24 Å². The van der Waals surface area contributed by atoms with Gasteiger partial charge in [-0.25, -0.2) is 0 Å². The van der Waals surface area contributed by atoms with Crippen molar-refractivity contribution in [1.82, 2.24) is 4.90 Å². The summed E-state index contributed by atoms with van der Waals surface area (Å²) in [5.74, 6) is 0. The van der Waals surface area contributed by atoms with Crippen LogP contribution in [0.3, 0.4) is 0 Å². The Balaban J connectivity index is 2.38. The largest absolute Gasteiger partial charge is 0.306 e. The molecule has 0 aliphatic heterocycles. The van der Waals surface area contributed by atoms with Gasteiger partial charge in [-0.3, -0.25) is 0 Å². The van der Waals surface area contributed by atoms with E-state index in [0.717, 1.165) is 0 Å². The first-order valence-corrected chi connectivity index (χ1v) is 6.02. The predicted octanol–water partition coefficient (Wildman–Crippen LogP) is 3.14. The van der Waals surface area contributed by atoms with E-state index >= 15 is 0 Å². The van der Waals surface area contributed by atoms with Crippen molar-refractivity contribution in [3.05, 3.63) is 41.5 Å². The molecule has 0 N–H and O–H groups in total. The Kier molecular flexibility index (Phi) is 3.15. The normalized spacial score (nSPS) is 19.6. The molecule has 0 fully saturated rings. The molecule has 16 heavy (non-hydrogen) atoms. The first kappa shape index (κ1) is 11.4. The van der Waals surface area contributed by atoms with E-state index in [9.17, 15) is 0 Å². The lowest BCUT2D eigenvalue weighted by Gasteiger charge is -2.31. The number of allylic oxidation sites excluding steroid dienone is 1. The molecule has 1 aliphatic carbocycles. The van der Waals surface area contributed by atoms with Crippen LogP contribution in [-0.2, 0) is 12.8 Å². The summed E-state index contributed by atoms with van der Waals surface area (Å²) in [6.45, 7) is 6.20. The van der Waals surface area contributed by atoms with E-state index in [2.05, 4.69) is 50.7 Å². The average Bonchev–Trinajstić information content (AvgIpc) is 2.27. The maximum Gasteiger partial charge on any atom is 0.0133 e.